The molecule has 0 aromatic heterocycles. The molecule has 3 nitrogen and oxygen atoms in total. The van der Waals surface area contributed by atoms with Crippen LogP contribution < -0.4 is 10.6 Å². The smallest absolute Gasteiger partial charge is 0.314 e. The lowest BCUT2D eigenvalue weighted by Crippen LogP contribution is -2.33. The predicted molar refractivity (Wildman–Crippen MR) is 41.3 cm³/mol. The van der Waals surface area contributed by atoms with E-state index in [0.717, 1.165) is 0 Å². The molecule has 0 saturated carbocycles. The molecular formula is C7H12N2O. The summed E-state index contributed by atoms with van der Waals surface area (Å²) in [5, 5.41) is 4.87. The van der Waals surface area contributed by atoms with E-state index in [1.807, 2.05) is 13.8 Å². The fraction of sp³-hybridized carbons (Fsp3) is 0.286. The highest BCUT2D eigenvalue weighted by molar-refractivity contribution is 5.78. The number of nitrogens with one attached hydrogen (secondary N) is 2. The van der Waals surface area contributed by atoms with Gasteiger partial charge in [0.15, 0.2) is 0 Å². The Labute approximate surface area is 60.8 Å². The van der Waals surface area contributed by atoms with Gasteiger partial charge in [-0.25, -0.2) is 4.79 Å². The van der Waals surface area contributed by atoms with Crippen molar-refractivity contribution in [3.63, 3.8) is 0 Å². The molecule has 0 radical (unpaired) electrons. The zero-order valence-electron chi connectivity index (χ0n) is 6.27. The van der Waals surface area contributed by atoms with E-state index in [1.165, 1.54) is 0 Å². The van der Waals surface area contributed by atoms with Crippen LogP contribution in [0.4, 0.5) is 4.79 Å². The van der Waals surface area contributed by atoms with Crippen LogP contribution in [0.5, 0.6) is 0 Å². The van der Waals surface area contributed by atoms with Gasteiger partial charge in [-0.2, -0.15) is 0 Å². The van der Waals surface area contributed by atoms with Gasteiger partial charge in [0.05, 0.1) is 0 Å². The quantitative estimate of drug-likeness (QED) is 0.524. The standard InChI is InChI=1S/C5H6N2O.C2H6/c1-4-2-3-6-5(8)7-4;1-2/h2-3H,1H2,(H2,6,7,8);1-2H3. The molecule has 0 unspecified atom stereocenters. The lowest BCUT2D eigenvalue weighted by molar-refractivity contribution is 0.246. The molecule has 0 saturated heterocycles. The van der Waals surface area contributed by atoms with Crippen LogP contribution in [0.3, 0.4) is 0 Å². The van der Waals surface area contributed by atoms with Gasteiger partial charge in [-0.15, -0.1) is 0 Å². The maximum atomic E-state index is 10.3. The minimum atomic E-state index is -0.225. The molecule has 0 bridgehead atoms. The van der Waals surface area contributed by atoms with Gasteiger partial charge in [-0.3, -0.25) is 0 Å². The summed E-state index contributed by atoms with van der Waals surface area (Å²) in [5.74, 6) is 0. The topological polar surface area (TPSA) is 41.1 Å². The third kappa shape index (κ3) is 2.91. The Hall–Kier alpha value is -1.25. The van der Waals surface area contributed by atoms with Crippen LogP contribution in [0.2, 0.25) is 0 Å². The van der Waals surface area contributed by atoms with Gasteiger partial charge < -0.3 is 10.6 Å². The Balaban J connectivity index is 0.000000371. The third-order valence-electron chi connectivity index (χ3n) is 0.773. The lowest BCUT2D eigenvalue weighted by atomic mass is 10.4. The van der Waals surface area contributed by atoms with E-state index in [2.05, 4.69) is 17.2 Å². The summed E-state index contributed by atoms with van der Waals surface area (Å²) in [5.41, 5.74) is 0.619. The molecule has 1 heterocycles. The molecule has 2 amide bonds. The Morgan fingerprint density at radius 2 is 2.10 bits per heavy atom. The van der Waals surface area contributed by atoms with Crippen LogP contribution in [0.1, 0.15) is 13.8 Å². The van der Waals surface area contributed by atoms with Crippen molar-refractivity contribution in [3.8, 4) is 0 Å². The minimum Gasteiger partial charge on any atom is -0.314 e. The van der Waals surface area contributed by atoms with E-state index < -0.39 is 0 Å². The van der Waals surface area contributed by atoms with Crippen LogP contribution >= 0.6 is 0 Å². The first-order valence-electron chi connectivity index (χ1n) is 3.22. The zero-order chi connectivity index (χ0) is 7.98. The van der Waals surface area contributed by atoms with Crippen LogP contribution in [-0.4, -0.2) is 6.03 Å². The first-order chi connectivity index (χ1) is 4.79. The van der Waals surface area contributed by atoms with E-state index in [0.29, 0.717) is 5.70 Å². The summed E-state index contributed by atoms with van der Waals surface area (Å²) in [7, 11) is 0. The van der Waals surface area contributed by atoms with E-state index in [1.54, 1.807) is 12.3 Å². The number of allylic oxidation sites excluding steroid dienone is 1. The molecule has 0 aliphatic carbocycles. The van der Waals surface area contributed by atoms with Crippen molar-refractivity contribution in [2.75, 3.05) is 0 Å². The number of carbonyl (C=O) groups excluding carboxylic acids is 1. The second-order valence-electron chi connectivity index (χ2n) is 1.46. The number of hydrogen-bond acceptors (Lipinski definition) is 1. The molecule has 3 heteroatoms. The fourth-order valence-corrected chi connectivity index (χ4v) is 0.442. The van der Waals surface area contributed by atoms with Crippen molar-refractivity contribution < 1.29 is 4.79 Å². The molecule has 0 aromatic carbocycles. The van der Waals surface area contributed by atoms with Gasteiger partial charge in [0, 0.05) is 11.9 Å². The maximum Gasteiger partial charge on any atom is 0.323 e. The van der Waals surface area contributed by atoms with Crippen LogP contribution in [0.15, 0.2) is 24.6 Å². The number of carbonyl (C=O) groups is 1. The van der Waals surface area contributed by atoms with E-state index >= 15 is 0 Å². The highest BCUT2D eigenvalue weighted by Crippen LogP contribution is 1.89. The molecule has 1 rings (SSSR count). The maximum absolute atomic E-state index is 10.3. The van der Waals surface area contributed by atoms with E-state index in [-0.39, 0.29) is 6.03 Å². The molecule has 1 aliphatic heterocycles. The minimum absolute atomic E-state index is 0.225. The Kier molecular flexibility index (Phi) is 4.04. The highest BCUT2D eigenvalue weighted by atomic mass is 16.2. The average molecular weight is 140 g/mol. The number of amides is 2. The van der Waals surface area contributed by atoms with Crippen LogP contribution in [0, 0.1) is 0 Å². The van der Waals surface area contributed by atoms with Gasteiger partial charge in [0.25, 0.3) is 0 Å². The summed E-state index contributed by atoms with van der Waals surface area (Å²) in [6.45, 7) is 7.51. The molecule has 1 aliphatic rings. The predicted octanol–water partition coefficient (Wildman–Crippen LogP) is 1.35. The third-order valence-corrected chi connectivity index (χ3v) is 0.773. The van der Waals surface area contributed by atoms with Crippen LogP contribution in [-0.2, 0) is 0 Å². The fourth-order valence-electron chi connectivity index (χ4n) is 0.442. The average Bonchev–Trinajstić information content (AvgIpc) is 1.91. The lowest BCUT2D eigenvalue weighted by Gasteiger charge is -2.07. The Bertz CT molecular complexity index is 161. The van der Waals surface area contributed by atoms with Crippen molar-refractivity contribution in [3.05, 3.63) is 24.6 Å². The SMILES string of the molecule is C=C1C=CNC(=O)N1.CC. The monoisotopic (exact) mass is 140 g/mol. The van der Waals surface area contributed by atoms with Gasteiger partial charge in [0.1, 0.15) is 0 Å². The second-order valence-corrected chi connectivity index (χ2v) is 1.46. The summed E-state index contributed by atoms with van der Waals surface area (Å²) >= 11 is 0. The largest absolute Gasteiger partial charge is 0.323 e. The number of urea groups is 1. The van der Waals surface area contributed by atoms with Crippen molar-refractivity contribution in [1.29, 1.82) is 0 Å². The van der Waals surface area contributed by atoms with Crippen LogP contribution in [0.25, 0.3) is 0 Å². The Morgan fingerprint density at radius 1 is 1.50 bits per heavy atom. The van der Waals surface area contributed by atoms with Gasteiger partial charge in [-0.05, 0) is 6.08 Å². The van der Waals surface area contributed by atoms with E-state index in [4.69, 9.17) is 0 Å². The summed E-state index contributed by atoms with van der Waals surface area (Å²) in [4.78, 5) is 10.3. The first-order valence-corrected chi connectivity index (χ1v) is 3.22. The second kappa shape index (κ2) is 4.61. The van der Waals surface area contributed by atoms with Gasteiger partial charge >= 0.3 is 6.03 Å². The summed E-state index contributed by atoms with van der Waals surface area (Å²) in [6.07, 6.45) is 3.22. The van der Waals surface area contributed by atoms with E-state index in [9.17, 15) is 4.79 Å². The molecule has 0 spiro atoms. The summed E-state index contributed by atoms with van der Waals surface area (Å²) < 4.78 is 0. The number of rotatable bonds is 0. The molecule has 2 N–H and O–H groups in total. The summed E-state index contributed by atoms with van der Waals surface area (Å²) in [6, 6.07) is -0.225. The normalized spacial score (nSPS) is 14.6. The van der Waals surface area contributed by atoms with Gasteiger partial charge in [-0.1, -0.05) is 20.4 Å². The highest BCUT2D eigenvalue weighted by Gasteiger charge is 2.00. The van der Waals surface area contributed by atoms with Crippen molar-refractivity contribution in [2.45, 2.75) is 13.8 Å². The molecule has 0 aromatic rings. The molecule has 0 atom stereocenters. The first kappa shape index (κ1) is 8.75. The zero-order valence-corrected chi connectivity index (χ0v) is 6.27. The molecule has 10 heavy (non-hydrogen) atoms. The molecular weight excluding hydrogens is 128 g/mol. The molecule has 0 fully saturated rings. The Morgan fingerprint density at radius 3 is 2.40 bits per heavy atom. The van der Waals surface area contributed by atoms with Crippen molar-refractivity contribution in [1.82, 2.24) is 10.6 Å². The van der Waals surface area contributed by atoms with Crippen molar-refractivity contribution >= 4 is 6.03 Å². The van der Waals surface area contributed by atoms with Crippen molar-refractivity contribution in [2.24, 2.45) is 0 Å². The van der Waals surface area contributed by atoms with Gasteiger partial charge in [0.2, 0.25) is 0 Å². The number of hydrogen-bond donors (Lipinski definition) is 2. The molecule has 56 valence electrons.